The van der Waals surface area contributed by atoms with Gasteiger partial charge in [-0.2, -0.15) is 0 Å². The number of aliphatic imine (C=N–C) groups is 1. The fraction of sp³-hybridized carbons (Fsp3) is 0.933. The molecule has 1 aliphatic rings. The van der Waals surface area contributed by atoms with Crippen molar-refractivity contribution in [3.63, 3.8) is 0 Å². The lowest BCUT2D eigenvalue weighted by Gasteiger charge is -2.27. The van der Waals surface area contributed by atoms with Gasteiger partial charge in [0.15, 0.2) is 5.96 Å². The number of hydrogen-bond acceptors (Lipinski definition) is 2. The standard InChI is InChI=1S/C15H31N3O.HI/c1-5-16-15(18-13(3)11-19-4)17-10-14-9-7-6-8-12(14)2;/h12-14H,5-11H2,1-4H3,(H2,16,17,18);1H. The van der Waals surface area contributed by atoms with E-state index >= 15 is 0 Å². The molecule has 1 rings (SSSR count). The first-order valence-electron chi connectivity index (χ1n) is 7.71. The Hall–Kier alpha value is -0.0400. The lowest BCUT2D eigenvalue weighted by Crippen LogP contribution is -2.44. The van der Waals surface area contributed by atoms with Crippen LogP contribution in [0.2, 0.25) is 0 Å². The van der Waals surface area contributed by atoms with Crippen LogP contribution in [0.15, 0.2) is 4.99 Å². The molecule has 0 spiro atoms. The highest BCUT2D eigenvalue weighted by Gasteiger charge is 2.20. The van der Waals surface area contributed by atoms with E-state index < -0.39 is 0 Å². The number of ether oxygens (including phenoxy) is 1. The second-order valence-corrected chi connectivity index (χ2v) is 5.74. The van der Waals surface area contributed by atoms with Crippen molar-refractivity contribution in [1.29, 1.82) is 0 Å². The minimum atomic E-state index is 0. The summed E-state index contributed by atoms with van der Waals surface area (Å²) in [5.41, 5.74) is 0. The predicted octanol–water partition coefficient (Wildman–Crippen LogP) is 3.02. The molecule has 20 heavy (non-hydrogen) atoms. The van der Waals surface area contributed by atoms with Crippen molar-refractivity contribution in [3.8, 4) is 0 Å². The van der Waals surface area contributed by atoms with E-state index in [1.165, 1.54) is 25.7 Å². The van der Waals surface area contributed by atoms with Gasteiger partial charge in [-0.3, -0.25) is 4.99 Å². The third-order valence-electron chi connectivity index (χ3n) is 3.92. The van der Waals surface area contributed by atoms with Crippen LogP contribution in [-0.4, -0.2) is 38.8 Å². The van der Waals surface area contributed by atoms with Gasteiger partial charge in [0.2, 0.25) is 0 Å². The summed E-state index contributed by atoms with van der Waals surface area (Å²) in [4.78, 5) is 4.75. The molecule has 0 aliphatic heterocycles. The summed E-state index contributed by atoms with van der Waals surface area (Å²) >= 11 is 0. The normalized spacial score (nSPS) is 24.7. The number of nitrogens with one attached hydrogen (secondary N) is 2. The summed E-state index contributed by atoms with van der Waals surface area (Å²) in [6, 6.07) is 0.284. The number of halogens is 1. The molecule has 0 bridgehead atoms. The second-order valence-electron chi connectivity index (χ2n) is 5.74. The molecule has 120 valence electrons. The van der Waals surface area contributed by atoms with E-state index in [1.54, 1.807) is 7.11 Å². The van der Waals surface area contributed by atoms with Crippen molar-refractivity contribution >= 4 is 29.9 Å². The first kappa shape index (κ1) is 20.0. The van der Waals surface area contributed by atoms with Crippen molar-refractivity contribution in [2.45, 2.75) is 52.5 Å². The second kappa shape index (κ2) is 11.6. The molecule has 4 nitrogen and oxygen atoms in total. The Kier molecular flexibility index (Phi) is 11.6. The number of methoxy groups -OCH3 is 1. The molecule has 0 aromatic carbocycles. The molecule has 1 saturated carbocycles. The Bertz CT molecular complexity index is 274. The maximum absolute atomic E-state index is 5.15. The monoisotopic (exact) mass is 397 g/mol. The maximum Gasteiger partial charge on any atom is 0.191 e. The highest BCUT2D eigenvalue weighted by molar-refractivity contribution is 14.0. The SMILES string of the molecule is CCNC(=NCC1CCCCC1C)NC(C)COC.I. The van der Waals surface area contributed by atoms with Gasteiger partial charge in [-0.25, -0.2) is 0 Å². The number of hydrogen-bond donors (Lipinski definition) is 2. The summed E-state index contributed by atoms with van der Waals surface area (Å²) < 4.78 is 5.15. The van der Waals surface area contributed by atoms with Gasteiger partial charge < -0.3 is 15.4 Å². The van der Waals surface area contributed by atoms with Crippen LogP contribution in [0.1, 0.15) is 46.5 Å². The largest absolute Gasteiger partial charge is 0.383 e. The zero-order chi connectivity index (χ0) is 14.1. The molecule has 0 heterocycles. The first-order chi connectivity index (χ1) is 9.17. The van der Waals surface area contributed by atoms with E-state index in [-0.39, 0.29) is 30.0 Å². The van der Waals surface area contributed by atoms with Crippen LogP contribution in [0.5, 0.6) is 0 Å². The zero-order valence-electron chi connectivity index (χ0n) is 13.4. The highest BCUT2D eigenvalue weighted by Crippen LogP contribution is 2.29. The smallest absolute Gasteiger partial charge is 0.191 e. The van der Waals surface area contributed by atoms with Gasteiger partial charge >= 0.3 is 0 Å². The van der Waals surface area contributed by atoms with Crippen molar-refractivity contribution in [2.75, 3.05) is 26.8 Å². The molecule has 0 saturated heterocycles. The lowest BCUT2D eigenvalue weighted by molar-refractivity contribution is 0.179. The van der Waals surface area contributed by atoms with Gasteiger partial charge in [0.25, 0.3) is 0 Å². The summed E-state index contributed by atoms with van der Waals surface area (Å²) in [5, 5.41) is 6.70. The van der Waals surface area contributed by atoms with Crippen molar-refractivity contribution in [2.24, 2.45) is 16.8 Å². The fourth-order valence-electron chi connectivity index (χ4n) is 2.72. The van der Waals surface area contributed by atoms with Crippen molar-refractivity contribution in [1.82, 2.24) is 10.6 Å². The molecule has 0 aromatic heterocycles. The molecule has 3 atom stereocenters. The van der Waals surface area contributed by atoms with Gasteiger partial charge in [0, 0.05) is 26.2 Å². The molecule has 0 amide bonds. The zero-order valence-corrected chi connectivity index (χ0v) is 15.8. The molecule has 1 fully saturated rings. The number of rotatable bonds is 6. The van der Waals surface area contributed by atoms with E-state index in [4.69, 9.17) is 9.73 Å². The first-order valence-corrected chi connectivity index (χ1v) is 7.71. The van der Waals surface area contributed by atoms with E-state index in [1.807, 2.05) is 0 Å². The third kappa shape index (κ3) is 7.67. The molecular weight excluding hydrogens is 365 g/mol. The van der Waals surface area contributed by atoms with Crippen LogP contribution >= 0.6 is 24.0 Å². The Morgan fingerprint density at radius 3 is 2.65 bits per heavy atom. The molecule has 3 unspecified atom stereocenters. The van der Waals surface area contributed by atoms with Gasteiger partial charge in [-0.1, -0.05) is 26.2 Å². The van der Waals surface area contributed by atoms with Gasteiger partial charge in [0.1, 0.15) is 0 Å². The summed E-state index contributed by atoms with van der Waals surface area (Å²) in [6.07, 6.45) is 5.46. The molecule has 5 heteroatoms. The Morgan fingerprint density at radius 1 is 1.35 bits per heavy atom. The van der Waals surface area contributed by atoms with Crippen LogP contribution in [0, 0.1) is 11.8 Å². The van der Waals surface area contributed by atoms with E-state index in [9.17, 15) is 0 Å². The Labute approximate surface area is 141 Å². The third-order valence-corrected chi connectivity index (χ3v) is 3.92. The minimum Gasteiger partial charge on any atom is -0.383 e. The molecule has 1 aliphatic carbocycles. The van der Waals surface area contributed by atoms with Gasteiger partial charge in [-0.15, -0.1) is 24.0 Å². The Morgan fingerprint density at radius 2 is 2.05 bits per heavy atom. The molecule has 2 N–H and O–H groups in total. The molecular formula is C15H32IN3O. The minimum absolute atomic E-state index is 0. The predicted molar refractivity (Wildman–Crippen MR) is 97.0 cm³/mol. The molecule has 0 radical (unpaired) electrons. The number of nitrogens with zero attached hydrogens (tertiary/aromatic N) is 1. The lowest BCUT2D eigenvalue weighted by atomic mass is 9.80. The van der Waals surface area contributed by atoms with E-state index in [0.29, 0.717) is 6.61 Å². The van der Waals surface area contributed by atoms with Crippen molar-refractivity contribution < 1.29 is 4.74 Å². The van der Waals surface area contributed by atoms with E-state index in [2.05, 4.69) is 31.4 Å². The average Bonchev–Trinajstić information content (AvgIpc) is 2.38. The molecule has 0 aromatic rings. The van der Waals surface area contributed by atoms with Crippen molar-refractivity contribution in [3.05, 3.63) is 0 Å². The average molecular weight is 397 g/mol. The van der Waals surface area contributed by atoms with Gasteiger partial charge in [0.05, 0.1) is 6.61 Å². The number of guanidine groups is 1. The van der Waals surface area contributed by atoms with Crippen LogP contribution in [0.25, 0.3) is 0 Å². The van der Waals surface area contributed by atoms with Crippen LogP contribution in [-0.2, 0) is 4.74 Å². The van der Waals surface area contributed by atoms with E-state index in [0.717, 1.165) is 30.9 Å². The van der Waals surface area contributed by atoms with Crippen LogP contribution in [0.4, 0.5) is 0 Å². The fourth-order valence-corrected chi connectivity index (χ4v) is 2.72. The topological polar surface area (TPSA) is 45.7 Å². The summed E-state index contributed by atoms with van der Waals surface area (Å²) in [5.74, 6) is 2.49. The Balaban J connectivity index is 0.00000361. The quantitative estimate of drug-likeness (QED) is 0.412. The highest BCUT2D eigenvalue weighted by atomic mass is 127. The van der Waals surface area contributed by atoms with Crippen LogP contribution in [0.3, 0.4) is 0 Å². The maximum atomic E-state index is 5.15. The van der Waals surface area contributed by atoms with Crippen LogP contribution < -0.4 is 10.6 Å². The summed E-state index contributed by atoms with van der Waals surface area (Å²) in [6.45, 7) is 9.11. The summed E-state index contributed by atoms with van der Waals surface area (Å²) in [7, 11) is 1.73. The van der Waals surface area contributed by atoms with Gasteiger partial charge in [-0.05, 0) is 32.1 Å².